The van der Waals surface area contributed by atoms with E-state index in [2.05, 4.69) is 0 Å². The molecule has 1 atom stereocenters. The zero-order valence-electron chi connectivity index (χ0n) is 13.9. The molecule has 126 valence electrons. The fourth-order valence-electron chi connectivity index (χ4n) is 3.86. The lowest BCUT2D eigenvalue weighted by atomic mass is 9.85. The molecule has 1 saturated carbocycles. The van der Waals surface area contributed by atoms with Gasteiger partial charge >= 0.3 is 0 Å². The third kappa shape index (κ3) is 4.12. The molecule has 4 nitrogen and oxygen atoms in total. The number of amides is 1. The van der Waals surface area contributed by atoms with Crippen molar-refractivity contribution in [1.82, 2.24) is 4.90 Å². The minimum Gasteiger partial charge on any atom is -0.530 e. The molecule has 1 aliphatic rings. The minimum absolute atomic E-state index is 0.500. The fourth-order valence-corrected chi connectivity index (χ4v) is 3.86. The number of rotatable bonds is 8. The summed E-state index contributed by atoms with van der Waals surface area (Å²) in [4.78, 5) is 24.8. The quantitative estimate of drug-likeness (QED) is 0.693. The van der Waals surface area contributed by atoms with Gasteiger partial charge in [0.25, 0.3) is 0 Å². The Balaban J connectivity index is 2.30. The highest BCUT2D eigenvalue weighted by Gasteiger charge is 2.42. The maximum Gasteiger partial charge on any atom is 0.142 e. The summed E-state index contributed by atoms with van der Waals surface area (Å²) in [5, 5.41) is 11.9. The summed E-state index contributed by atoms with van der Waals surface area (Å²) in [5.41, 5.74) is 0.611. The Morgan fingerprint density at radius 1 is 1.30 bits per heavy atom. The summed E-state index contributed by atoms with van der Waals surface area (Å²) in [5.74, 6) is 0. The first-order valence-electron chi connectivity index (χ1n) is 8.62. The number of hydrogen-bond donors (Lipinski definition) is 0. The molecule has 0 aliphatic heterocycles. The second kappa shape index (κ2) is 8.14. The molecular formula is C19H26NO3-. The molecule has 4 heteroatoms. The van der Waals surface area contributed by atoms with Gasteiger partial charge in [-0.1, -0.05) is 62.9 Å². The first-order valence-corrected chi connectivity index (χ1v) is 8.62. The Morgan fingerprint density at radius 3 is 2.48 bits per heavy atom. The standard InChI is InChI=1S/C19H27NO3/c1-2-3-11-17(15-21)20(18(22)23)19(12-7-8-13-19)14-16-9-5-4-6-10-16/h4-6,9-10,15,17H,2-3,7-8,11-14H2,1H3,(H,22,23)/p-1/t17-/m0/s1. The van der Waals surface area contributed by atoms with Gasteiger partial charge in [0.15, 0.2) is 0 Å². The topological polar surface area (TPSA) is 60.4 Å². The van der Waals surface area contributed by atoms with Crippen molar-refractivity contribution in [3.63, 3.8) is 0 Å². The van der Waals surface area contributed by atoms with Gasteiger partial charge in [0.2, 0.25) is 0 Å². The van der Waals surface area contributed by atoms with Crippen LogP contribution in [0.2, 0.25) is 0 Å². The Morgan fingerprint density at radius 2 is 1.96 bits per heavy atom. The van der Waals surface area contributed by atoms with Crippen molar-refractivity contribution in [2.75, 3.05) is 0 Å². The first-order chi connectivity index (χ1) is 11.1. The average Bonchev–Trinajstić information content (AvgIpc) is 3.00. The Hall–Kier alpha value is -1.84. The predicted molar refractivity (Wildman–Crippen MR) is 88.0 cm³/mol. The lowest BCUT2D eigenvalue weighted by molar-refractivity contribution is -0.274. The predicted octanol–water partition coefficient (Wildman–Crippen LogP) is 2.94. The summed E-state index contributed by atoms with van der Waals surface area (Å²) in [6, 6.07) is 9.34. The number of hydrogen-bond acceptors (Lipinski definition) is 3. The van der Waals surface area contributed by atoms with Gasteiger partial charge in [-0.05, 0) is 31.2 Å². The molecule has 0 saturated heterocycles. The van der Waals surface area contributed by atoms with Gasteiger partial charge in [-0.15, -0.1) is 0 Å². The van der Waals surface area contributed by atoms with Crippen LogP contribution in [0.3, 0.4) is 0 Å². The van der Waals surface area contributed by atoms with E-state index in [1.165, 1.54) is 4.90 Å². The number of carboxylic acid groups (broad SMARTS) is 1. The molecule has 0 heterocycles. The van der Waals surface area contributed by atoms with E-state index in [4.69, 9.17) is 0 Å². The van der Waals surface area contributed by atoms with Gasteiger partial charge in [-0.3, -0.25) is 0 Å². The minimum atomic E-state index is -1.21. The molecule has 0 aromatic heterocycles. The number of nitrogens with zero attached hydrogens (tertiary/aromatic N) is 1. The van der Waals surface area contributed by atoms with Crippen LogP contribution in [0.25, 0.3) is 0 Å². The largest absolute Gasteiger partial charge is 0.530 e. The molecule has 2 rings (SSSR count). The Labute approximate surface area is 138 Å². The number of aldehydes is 1. The molecular weight excluding hydrogens is 290 g/mol. The third-order valence-corrected chi connectivity index (χ3v) is 4.96. The average molecular weight is 316 g/mol. The van der Waals surface area contributed by atoms with Crippen molar-refractivity contribution < 1.29 is 14.7 Å². The highest BCUT2D eigenvalue weighted by atomic mass is 16.4. The molecule has 0 bridgehead atoms. The van der Waals surface area contributed by atoms with Gasteiger partial charge in [0.1, 0.15) is 12.4 Å². The highest BCUT2D eigenvalue weighted by molar-refractivity contribution is 5.71. The fraction of sp³-hybridized carbons (Fsp3) is 0.579. The zero-order chi connectivity index (χ0) is 16.7. The number of carbonyl (C=O) groups excluding carboxylic acids is 2. The molecule has 1 aromatic carbocycles. The second-order valence-electron chi connectivity index (χ2n) is 6.58. The summed E-state index contributed by atoms with van der Waals surface area (Å²) in [6.45, 7) is 2.04. The molecule has 1 fully saturated rings. The third-order valence-electron chi connectivity index (χ3n) is 4.96. The molecule has 0 N–H and O–H groups in total. The molecule has 1 aliphatic carbocycles. The maximum absolute atomic E-state index is 11.9. The summed E-state index contributed by atoms with van der Waals surface area (Å²) in [6.07, 6.45) is 6.17. The molecule has 23 heavy (non-hydrogen) atoms. The van der Waals surface area contributed by atoms with E-state index < -0.39 is 17.7 Å². The van der Waals surface area contributed by atoms with Gasteiger partial charge in [0, 0.05) is 5.54 Å². The molecule has 1 amide bonds. The van der Waals surface area contributed by atoms with Crippen LogP contribution in [0.1, 0.15) is 57.4 Å². The van der Waals surface area contributed by atoms with Gasteiger partial charge in [-0.2, -0.15) is 0 Å². The maximum atomic E-state index is 11.9. The second-order valence-corrected chi connectivity index (χ2v) is 6.58. The summed E-state index contributed by atoms with van der Waals surface area (Å²) >= 11 is 0. The van der Waals surface area contributed by atoms with Gasteiger partial charge in [-0.25, -0.2) is 0 Å². The Bertz CT molecular complexity index is 509. The molecule has 0 unspecified atom stereocenters. The lowest BCUT2D eigenvalue weighted by Gasteiger charge is -2.46. The van der Waals surface area contributed by atoms with E-state index in [1.54, 1.807) is 0 Å². The Kier molecular flexibility index (Phi) is 6.20. The van der Waals surface area contributed by atoms with Crippen LogP contribution in [0.4, 0.5) is 4.79 Å². The van der Waals surface area contributed by atoms with Crippen LogP contribution in [0, 0.1) is 0 Å². The zero-order valence-corrected chi connectivity index (χ0v) is 13.9. The summed E-state index contributed by atoms with van der Waals surface area (Å²) in [7, 11) is 0. The van der Waals surface area contributed by atoms with Gasteiger partial charge < -0.3 is 19.6 Å². The van der Waals surface area contributed by atoms with E-state index in [0.29, 0.717) is 12.8 Å². The van der Waals surface area contributed by atoms with Crippen molar-refractivity contribution in [1.29, 1.82) is 0 Å². The van der Waals surface area contributed by atoms with Crippen LogP contribution in [0.15, 0.2) is 30.3 Å². The number of benzene rings is 1. The normalized spacial score (nSPS) is 17.6. The monoisotopic (exact) mass is 316 g/mol. The van der Waals surface area contributed by atoms with Crippen molar-refractivity contribution >= 4 is 12.4 Å². The smallest absolute Gasteiger partial charge is 0.142 e. The van der Waals surface area contributed by atoms with Crippen LogP contribution in [-0.2, 0) is 11.2 Å². The van der Waals surface area contributed by atoms with Crippen LogP contribution >= 0.6 is 0 Å². The van der Waals surface area contributed by atoms with Crippen molar-refractivity contribution in [2.45, 2.75) is 69.9 Å². The van der Waals surface area contributed by atoms with E-state index in [-0.39, 0.29) is 0 Å². The van der Waals surface area contributed by atoms with Gasteiger partial charge in [0.05, 0.1) is 6.04 Å². The van der Waals surface area contributed by atoms with E-state index in [9.17, 15) is 14.7 Å². The first kappa shape index (κ1) is 17.5. The number of unbranched alkanes of at least 4 members (excludes halogenated alkanes) is 1. The number of carbonyl (C=O) groups is 2. The molecule has 0 spiro atoms. The van der Waals surface area contributed by atoms with Crippen molar-refractivity contribution in [3.05, 3.63) is 35.9 Å². The molecule has 0 radical (unpaired) electrons. The van der Waals surface area contributed by atoms with Crippen LogP contribution in [-0.4, -0.2) is 28.9 Å². The van der Waals surface area contributed by atoms with Crippen molar-refractivity contribution in [3.8, 4) is 0 Å². The van der Waals surface area contributed by atoms with E-state index in [0.717, 1.165) is 50.4 Å². The van der Waals surface area contributed by atoms with Crippen LogP contribution in [0.5, 0.6) is 0 Å². The lowest BCUT2D eigenvalue weighted by Crippen LogP contribution is -2.60. The SMILES string of the molecule is CCCC[C@@H](C=O)N(C(=O)[O-])C1(Cc2ccccc2)CCCC1. The van der Waals surface area contributed by atoms with Crippen molar-refractivity contribution in [2.24, 2.45) is 0 Å². The highest BCUT2D eigenvalue weighted by Crippen LogP contribution is 2.39. The summed E-state index contributed by atoms with van der Waals surface area (Å²) < 4.78 is 0. The molecule has 1 aromatic rings. The van der Waals surface area contributed by atoms with E-state index in [1.807, 2.05) is 37.3 Å². The van der Waals surface area contributed by atoms with Crippen LogP contribution < -0.4 is 5.11 Å². The van der Waals surface area contributed by atoms with E-state index >= 15 is 0 Å².